The zero-order chi connectivity index (χ0) is 16.3. The number of alkyl halides is 2. The second kappa shape index (κ2) is 12.2. The lowest BCUT2D eigenvalue weighted by atomic mass is 10.1. The number of rotatable bonds is 12. The molecule has 21 heavy (non-hydrogen) atoms. The Balaban J connectivity index is 3.88. The smallest absolute Gasteiger partial charge is 0.319 e. The summed E-state index contributed by atoms with van der Waals surface area (Å²) in [5.41, 5.74) is 0. The van der Waals surface area contributed by atoms with E-state index in [1.807, 2.05) is 13.8 Å². The van der Waals surface area contributed by atoms with Crippen LogP contribution in [0.15, 0.2) is 0 Å². The fourth-order valence-electron chi connectivity index (χ4n) is 1.95. The van der Waals surface area contributed by atoms with Crippen LogP contribution in [0.5, 0.6) is 0 Å². The zero-order valence-electron chi connectivity index (χ0n) is 13.7. The number of esters is 1. The molecular formula is C16H30F2O2S. The fraction of sp³-hybridized carbons (Fsp3) is 0.938. The minimum absolute atomic E-state index is 0.00380. The van der Waals surface area contributed by atoms with E-state index in [0.717, 1.165) is 31.4 Å². The molecule has 0 fully saturated rings. The van der Waals surface area contributed by atoms with Gasteiger partial charge in [0.25, 0.3) is 0 Å². The van der Waals surface area contributed by atoms with Gasteiger partial charge in [0.1, 0.15) is 5.25 Å². The Morgan fingerprint density at radius 1 is 1.05 bits per heavy atom. The van der Waals surface area contributed by atoms with Gasteiger partial charge in [0, 0.05) is 6.42 Å². The van der Waals surface area contributed by atoms with Crippen molar-refractivity contribution in [2.24, 2.45) is 5.92 Å². The second-order valence-electron chi connectivity index (χ2n) is 6.07. The van der Waals surface area contributed by atoms with Crippen molar-refractivity contribution in [3.05, 3.63) is 0 Å². The Morgan fingerprint density at radius 2 is 1.67 bits per heavy atom. The molecule has 126 valence electrons. The third kappa shape index (κ3) is 13.1. The molecule has 0 aromatic carbocycles. The third-order valence-corrected chi connectivity index (χ3v) is 4.25. The van der Waals surface area contributed by atoms with E-state index in [9.17, 15) is 13.6 Å². The van der Waals surface area contributed by atoms with E-state index in [2.05, 4.69) is 13.8 Å². The van der Waals surface area contributed by atoms with E-state index in [1.54, 1.807) is 11.8 Å². The van der Waals surface area contributed by atoms with Crippen molar-refractivity contribution in [1.29, 1.82) is 0 Å². The molecule has 0 N–H and O–H groups in total. The minimum Gasteiger partial charge on any atom is -0.462 e. The summed E-state index contributed by atoms with van der Waals surface area (Å²) in [5, 5.41) is -0.103. The first-order valence-electron chi connectivity index (χ1n) is 7.93. The first-order valence-corrected chi connectivity index (χ1v) is 8.98. The lowest BCUT2D eigenvalue weighted by Gasteiger charge is -2.19. The molecule has 1 unspecified atom stereocenters. The molecule has 0 heterocycles. The molecule has 0 aromatic heterocycles. The molecule has 5 heteroatoms. The number of hydrogen-bond acceptors (Lipinski definition) is 3. The number of thioether (sulfide) groups is 1. The number of carbonyl (C=O) groups excluding carboxylic acids is 1. The summed E-state index contributed by atoms with van der Waals surface area (Å²) in [6.07, 6.45) is 1.92. The molecule has 0 radical (unpaired) electrons. The monoisotopic (exact) mass is 324 g/mol. The molecule has 0 rings (SSSR count). The molecule has 0 aliphatic carbocycles. The number of halogens is 2. The number of ether oxygens (including phenoxy) is 1. The molecule has 2 nitrogen and oxygen atoms in total. The van der Waals surface area contributed by atoms with Gasteiger partial charge in [-0.2, -0.15) is 0 Å². The number of unbranched alkanes of at least 4 members (excludes halogenated alkanes) is 3. The molecule has 0 aromatic rings. The summed E-state index contributed by atoms with van der Waals surface area (Å²) in [7, 11) is 0. The van der Waals surface area contributed by atoms with Gasteiger partial charge in [0.2, 0.25) is 6.43 Å². The predicted octanol–water partition coefficient (Wildman–Crippen LogP) is 5.30. The van der Waals surface area contributed by atoms with E-state index in [1.165, 1.54) is 0 Å². The summed E-state index contributed by atoms with van der Waals surface area (Å²) < 4.78 is 29.2. The maximum atomic E-state index is 12.0. The summed E-state index contributed by atoms with van der Waals surface area (Å²) in [6.45, 7) is 7.91. The fourth-order valence-corrected chi connectivity index (χ4v) is 3.32. The largest absolute Gasteiger partial charge is 0.462 e. The molecule has 1 atom stereocenters. The van der Waals surface area contributed by atoms with Crippen molar-refractivity contribution in [2.45, 2.75) is 84.0 Å². The molecule has 0 aliphatic rings. The lowest BCUT2D eigenvalue weighted by Crippen LogP contribution is -2.25. The van der Waals surface area contributed by atoms with Crippen LogP contribution >= 0.6 is 11.8 Å². The topological polar surface area (TPSA) is 26.3 Å². The quantitative estimate of drug-likeness (QED) is 0.360. The second-order valence-corrected chi connectivity index (χ2v) is 7.38. The predicted molar refractivity (Wildman–Crippen MR) is 86.0 cm³/mol. The zero-order valence-corrected chi connectivity index (χ0v) is 14.6. The van der Waals surface area contributed by atoms with Crippen molar-refractivity contribution < 1.29 is 18.3 Å². The van der Waals surface area contributed by atoms with Gasteiger partial charge >= 0.3 is 5.97 Å². The van der Waals surface area contributed by atoms with Crippen molar-refractivity contribution in [1.82, 2.24) is 0 Å². The Morgan fingerprint density at radius 3 is 2.19 bits per heavy atom. The number of carbonyl (C=O) groups is 1. The van der Waals surface area contributed by atoms with Crippen LogP contribution in [0.4, 0.5) is 8.78 Å². The molecule has 0 bridgehead atoms. The van der Waals surface area contributed by atoms with Crippen LogP contribution in [0.25, 0.3) is 0 Å². The molecule has 0 saturated carbocycles. The SMILES string of the molecule is CC(C)CC(SCCCCCCC(F)F)C(=O)OC(C)C. The Kier molecular flexibility index (Phi) is 12.1. The van der Waals surface area contributed by atoms with E-state index in [4.69, 9.17) is 4.74 Å². The van der Waals surface area contributed by atoms with Crippen molar-refractivity contribution in [3.8, 4) is 0 Å². The van der Waals surface area contributed by atoms with Gasteiger partial charge in [-0.3, -0.25) is 4.79 Å². The molecular weight excluding hydrogens is 294 g/mol. The summed E-state index contributed by atoms with van der Waals surface area (Å²) >= 11 is 1.64. The van der Waals surface area contributed by atoms with Crippen LogP contribution in [-0.2, 0) is 9.53 Å². The van der Waals surface area contributed by atoms with E-state index >= 15 is 0 Å². The van der Waals surface area contributed by atoms with Crippen molar-refractivity contribution in [3.63, 3.8) is 0 Å². The van der Waals surface area contributed by atoms with Crippen LogP contribution < -0.4 is 0 Å². The molecule has 0 spiro atoms. The van der Waals surface area contributed by atoms with E-state index < -0.39 is 6.43 Å². The van der Waals surface area contributed by atoms with E-state index in [-0.39, 0.29) is 23.7 Å². The maximum Gasteiger partial charge on any atom is 0.319 e. The van der Waals surface area contributed by atoms with Crippen LogP contribution in [0.1, 0.15) is 66.2 Å². The third-order valence-electron chi connectivity index (χ3n) is 2.94. The highest BCUT2D eigenvalue weighted by Gasteiger charge is 2.22. The normalized spacial score (nSPS) is 13.2. The Hall–Kier alpha value is -0.320. The van der Waals surface area contributed by atoms with Gasteiger partial charge in [0.15, 0.2) is 0 Å². The summed E-state index contributed by atoms with van der Waals surface area (Å²) in [4.78, 5) is 12.0. The van der Waals surface area contributed by atoms with Crippen LogP contribution in [0, 0.1) is 5.92 Å². The van der Waals surface area contributed by atoms with E-state index in [0.29, 0.717) is 12.3 Å². The first-order chi connectivity index (χ1) is 9.82. The lowest BCUT2D eigenvalue weighted by molar-refractivity contribution is -0.147. The van der Waals surface area contributed by atoms with Crippen LogP contribution in [-0.4, -0.2) is 29.5 Å². The van der Waals surface area contributed by atoms with Crippen molar-refractivity contribution in [2.75, 3.05) is 5.75 Å². The highest BCUT2D eigenvalue weighted by molar-refractivity contribution is 8.00. The summed E-state index contributed by atoms with van der Waals surface area (Å²) in [5.74, 6) is 1.22. The Bertz CT molecular complexity index is 271. The Labute approximate surface area is 132 Å². The van der Waals surface area contributed by atoms with Gasteiger partial charge in [-0.15, -0.1) is 11.8 Å². The van der Waals surface area contributed by atoms with Crippen LogP contribution in [0.3, 0.4) is 0 Å². The average Bonchev–Trinajstić information content (AvgIpc) is 2.34. The highest BCUT2D eigenvalue weighted by Crippen LogP contribution is 2.23. The number of hydrogen-bond donors (Lipinski definition) is 0. The maximum absolute atomic E-state index is 12.0. The minimum atomic E-state index is -2.18. The van der Waals surface area contributed by atoms with Gasteiger partial charge in [-0.25, -0.2) is 8.78 Å². The molecule has 0 aliphatic heterocycles. The molecule has 0 amide bonds. The summed E-state index contributed by atoms with van der Waals surface area (Å²) in [6, 6.07) is 0. The molecule has 0 saturated heterocycles. The van der Waals surface area contributed by atoms with Gasteiger partial charge in [-0.05, 0) is 44.8 Å². The van der Waals surface area contributed by atoms with Gasteiger partial charge < -0.3 is 4.74 Å². The average molecular weight is 324 g/mol. The van der Waals surface area contributed by atoms with Gasteiger partial charge in [0.05, 0.1) is 6.10 Å². The van der Waals surface area contributed by atoms with Crippen molar-refractivity contribution >= 4 is 17.7 Å². The van der Waals surface area contributed by atoms with Crippen LogP contribution in [0.2, 0.25) is 0 Å². The standard InChI is InChI=1S/C16H30F2O2S/c1-12(2)11-14(16(19)20-13(3)4)21-10-8-6-5-7-9-15(17)18/h12-15H,5-11H2,1-4H3. The highest BCUT2D eigenvalue weighted by atomic mass is 32.2. The van der Waals surface area contributed by atoms with Gasteiger partial charge in [-0.1, -0.05) is 26.7 Å². The first kappa shape index (κ1) is 20.7.